The summed E-state index contributed by atoms with van der Waals surface area (Å²) in [6.45, 7) is 0.198. The van der Waals surface area contributed by atoms with Gasteiger partial charge in [-0.1, -0.05) is 0 Å². The molecule has 31 heavy (non-hydrogen) atoms. The van der Waals surface area contributed by atoms with Gasteiger partial charge >= 0.3 is 5.97 Å². The zero-order chi connectivity index (χ0) is 22.2. The Morgan fingerprint density at radius 1 is 1.10 bits per heavy atom. The highest BCUT2D eigenvalue weighted by Gasteiger charge is 2.38. The highest BCUT2D eigenvalue weighted by atomic mass is 32.2. The standard InChI is InChI=1S/C20H22N4O6S/c1-28-18-8-12-6-7-24(17(11-20(25)30-3)14(12)10-19(18)29-2)31(26,27)13-4-5-15-16(9-13)22-23-21-15/h4-5,8-10,17H,6-7,11H2,1-3H3,(H,21,22,23)/t17-/m1/s1. The number of ether oxygens (including phenoxy) is 3. The summed E-state index contributed by atoms with van der Waals surface area (Å²) in [5.41, 5.74) is 2.57. The van der Waals surface area contributed by atoms with E-state index in [0.717, 1.165) is 5.56 Å². The van der Waals surface area contributed by atoms with Gasteiger partial charge in [-0.25, -0.2) is 8.42 Å². The van der Waals surface area contributed by atoms with E-state index in [0.29, 0.717) is 34.5 Å². The van der Waals surface area contributed by atoms with E-state index in [1.165, 1.54) is 37.8 Å². The number of H-pyrrole nitrogens is 1. The molecule has 0 radical (unpaired) electrons. The van der Waals surface area contributed by atoms with Crippen LogP contribution in [0.2, 0.25) is 0 Å². The van der Waals surface area contributed by atoms with Crippen LogP contribution in [0.3, 0.4) is 0 Å². The Morgan fingerprint density at radius 3 is 2.52 bits per heavy atom. The van der Waals surface area contributed by atoms with E-state index in [4.69, 9.17) is 14.2 Å². The van der Waals surface area contributed by atoms with Gasteiger partial charge in [-0.15, -0.1) is 0 Å². The molecule has 0 amide bonds. The Kier molecular flexibility index (Phi) is 5.54. The second-order valence-corrected chi connectivity index (χ2v) is 8.93. The molecule has 0 saturated heterocycles. The van der Waals surface area contributed by atoms with Crippen molar-refractivity contribution in [1.82, 2.24) is 19.7 Å². The summed E-state index contributed by atoms with van der Waals surface area (Å²) in [6, 6.07) is 7.34. The van der Waals surface area contributed by atoms with Crippen LogP contribution in [-0.4, -0.2) is 62.0 Å². The second kappa shape index (κ2) is 8.16. The van der Waals surface area contributed by atoms with Gasteiger partial charge in [-0.2, -0.15) is 19.7 Å². The van der Waals surface area contributed by atoms with Crippen molar-refractivity contribution in [3.8, 4) is 11.5 Å². The van der Waals surface area contributed by atoms with E-state index in [1.807, 2.05) is 6.07 Å². The van der Waals surface area contributed by atoms with Crippen molar-refractivity contribution in [3.05, 3.63) is 41.5 Å². The normalized spacial score (nSPS) is 16.7. The number of sulfonamides is 1. The molecule has 2 aromatic carbocycles. The van der Waals surface area contributed by atoms with Gasteiger partial charge in [0, 0.05) is 6.54 Å². The van der Waals surface area contributed by atoms with E-state index >= 15 is 0 Å². The third kappa shape index (κ3) is 3.70. The molecule has 164 valence electrons. The van der Waals surface area contributed by atoms with Crippen LogP contribution in [0.5, 0.6) is 11.5 Å². The largest absolute Gasteiger partial charge is 0.493 e. The maximum Gasteiger partial charge on any atom is 0.307 e. The Morgan fingerprint density at radius 2 is 1.81 bits per heavy atom. The number of nitrogens with zero attached hydrogens (tertiary/aromatic N) is 3. The van der Waals surface area contributed by atoms with Crippen LogP contribution in [0.4, 0.5) is 0 Å². The summed E-state index contributed by atoms with van der Waals surface area (Å²) in [5, 5.41) is 10.4. The molecule has 1 aromatic heterocycles. The first-order chi connectivity index (χ1) is 14.9. The van der Waals surface area contributed by atoms with Gasteiger partial charge in [0.05, 0.1) is 38.7 Å². The van der Waals surface area contributed by atoms with Gasteiger partial charge in [-0.05, 0) is 47.9 Å². The molecule has 11 heteroatoms. The molecule has 0 unspecified atom stereocenters. The molecule has 1 atom stereocenters. The van der Waals surface area contributed by atoms with Crippen LogP contribution in [0.25, 0.3) is 11.0 Å². The summed E-state index contributed by atoms with van der Waals surface area (Å²) in [7, 11) is 0.377. The lowest BCUT2D eigenvalue weighted by Crippen LogP contribution is -2.41. The van der Waals surface area contributed by atoms with Gasteiger partial charge < -0.3 is 14.2 Å². The number of fused-ring (bicyclic) bond motifs is 2. The van der Waals surface area contributed by atoms with Crippen molar-refractivity contribution in [2.24, 2.45) is 0 Å². The second-order valence-electron chi connectivity index (χ2n) is 7.04. The first-order valence-electron chi connectivity index (χ1n) is 9.53. The first kappa shape index (κ1) is 21.1. The van der Waals surface area contributed by atoms with Crippen molar-refractivity contribution < 1.29 is 27.4 Å². The Hall–Kier alpha value is -3.18. The van der Waals surface area contributed by atoms with Gasteiger partial charge in [-0.3, -0.25) is 4.79 Å². The average molecular weight is 446 g/mol. The molecule has 0 aliphatic carbocycles. The van der Waals surface area contributed by atoms with Crippen LogP contribution < -0.4 is 9.47 Å². The lowest BCUT2D eigenvalue weighted by atomic mass is 9.91. The number of nitrogens with one attached hydrogen (secondary N) is 1. The van der Waals surface area contributed by atoms with E-state index in [1.54, 1.807) is 12.1 Å². The molecule has 1 aliphatic rings. The Bertz CT molecular complexity index is 1240. The molecule has 0 spiro atoms. The van der Waals surface area contributed by atoms with Crippen molar-refractivity contribution in [3.63, 3.8) is 0 Å². The molecular weight excluding hydrogens is 424 g/mol. The lowest BCUT2D eigenvalue weighted by Gasteiger charge is -2.36. The predicted octanol–water partition coefficient (Wildman–Crippen LogP) is 1.83. The van der Waals surface area contributed by atoms with E-state index in [2.05, 4.69) is 15.4 Å². The monoisotopic (exact) mass is 446 g/mol. The van der Waals surface area contributed by atoms with Gasteiger partial charge in [0.25, 0.3) is 0 Å². The molecule has 0 saturated carbocycles. The number of rotatable bonds is 6. The molecule has 2 heterocycles. The van der Waals surface area contributed by atoms with Gasteiger partial charge in [0.1, 0.15) is 11.0 Å². The fraction of sp³-hybridized carbons (Fsp3) is 0.350. The van der Waals surface area contributed by atoms with Crippen molar-refractivity contribution in [1.29, 1.82) is 0 Å². The lowest BCUT2D eigenvalue weighted by molar-refractivity contribution is -0.141. The molecule has 1 aliphatic heterocycles. The highest BCUT2D eigenvalue weighted by Crippen LogP contribution is 2.41. The van der Waals surface area contributed by atoms with Crippen molar-refractivity contribution in [2.45, 2.75) is 23.8 Å². The van der Waals surface area contributed by atoms with E-state index in [9.17, 15) is 13.2 Å². The third-order valence-electron chi connectivity index (χ3n) is 5.44. The van der Waals surface area contributed by atoms with E-state index < -0.39 is 22.0 Å². The minimum Gasteiger partial charge on any atom is -0.493 e. The molecule has 1 N–H and O–H groups in total. The maximum atomic E-state index is 13.6. The van der Waals surface area contributed by atoms with Gasteiger partial charge in [0.15, 0.2) is 11.5 Å². The topological polar surface area (TPSA) is 124 Å². The number of methoxy groups -OCH3 is 3. The first-order valence-corrected chi connectivity index (χ1v) is 11.0. The average Bonchev–Trinajstić information content (AvgIpc) is 3.26. The zero-order valence-electron chi connectivity index (χ0n) is 17.3. The Balaban J connectivity index is 1.81. The number of hydrogen-bond acceptors (Lipinski definition) is 8. The maximum absolute atomic E-state index is 13.6. The molecule has 0 fully saturated rings. The molecular formula is C20H22N4O6S. The van der Waals surface area contributed by atoms with Crippen LogP contribution in [0.15, 0.2) is 35.2 Å². The number of carbonyl (C=O) groups is 1. The third-order valence-corrected chi connectivity index (χ3v) is 7.34. The van der Waals surface area contributed by atoms with Gasteiger partial charge in [0.2, 0.25) is 10.0 Å². The summed E-state index contributed by atoms with van der Waals surface area (Å²) in [6.07, 6.45) is 0.323. The van der Waals surface area contributed by atoms with Crippen LogP contribution in [0, 0.1) is 0 Å². The molecule has 0 bridgehead atoms. The van der Waals surface area contributed by atoms with Crippen LogP contribution >= 0.6 is 0 Å². The van der Waals surface area contributed by atoms with Crippen LogP contribution in [0.1, 0.15) is 23.6 Å². The van der Waals surface area contributed by atoms with E-state index in [-0.39, 0.29) is 17.9 Å². The zero-order valence-corrected chi connectivity index (χ0v) is 18.1. The number of esters is 1. The number of carbonyl (C=O) groups excluding carboxylic acids is 1. The SMILES string of the molecule is COC(=O)C[C@@H]1c2cc(OC)c(OC)cc2CCN1S(=O)(=O)c1ccc2n[nH]nc2c1. The smallest absolute Gasteiger partial charge is 0.307 e. The Labute approximate surface area is 179 Å². The number of aromatic nitrogens is 3. The fourth-order valence-corrected chi connectivity index (χ4v) is 5.49. The minimum atomic E-state index is -3.94. The highest BCUT2D eigenvalue weighted by molar-refractivity contribution is 7.89. The fourth-order valence-electron chi connectivity index (χ4n) is 3.86. The molecule has 10 nitrogen and oxygen atoms in total. The number of aromatic amines is 1. The summed E-state index contributed by atoms with van der Waals surface area (Å²) < 4.78 is 44.1. The van der Waals surface area contributed by atoms with Crippen LogP contribution in [-0.2, 0) is 26.0 Å². The summed E-state index contributed by atoms with van der Waals surface area (Å²) in [4.78, 5) is 12.3. The number of hydrogen-bond donors (Lipinski definition) is 1. The quantitative estimate of drug-likeness (QED) is 0.569. The predicted molar refractivity (Wildman–Crippen MR) is 110 cm³/mol. The molecule has 4 rings (SSSR count). The van der Waals surface area contributed by atoms with Crippen molar-refractivity contribution >= 4 is 27.0 Å². The summed E-state index contributed by atoms with van der Waals surface area (Å²) in [5.74, 6) is 0.491. The number of benzene rings is 2. The van der Waals surface area contributed by atoms with Crippen molar-refractivity contribution in [2.75, 3.05) is 27.9 Å². The minimum absolute atomic E-state index is 0.0766. The molecule has 3 aromatic rings. The summed E-state index contributed by atoms with van der Waals surface area (Å²) >= 11 is 0.